The predicted octanol–water partition coefficient (Wildman–Crippen LogP) is 1.87. The molecule has 4 nitrogen and oxygen atoms in total. The highest BCUT2D eigenvalue weighted by molar-refractivity contribution is 5.29. The molecule has 2 aromatic rings. The van der Waals surface area contributed by atoms with Crippen molar-refractivity contribution in [1.82, 2.24) is 4.98 Å². The van der Waals surface area contributed by atoms with Gasteiger partial charge in [0.2, 0.25) is 0 Å². The SMILES string of the molecule is NC(COc1cccnc1)c1cccc(O)c1. The van der Waals surface area contributed by atoms with Crippen molar-refractivity contribution in [3.05, 3.63) is 54.4 Å². The van der Waals surface area contributed by atoms with Gasteiger partial charge in [0.05, 0.1) is 12.2 Å². The molecule has 0 amide bonds. The standard InChI is InChI=1S/C13H14N2O2/c14-13(10-3-1-4-11(16)7-10)9-17-12-5-2-6-15-8-12/h1-8,13,16H,9,14H2. The topological polar surface area (TPSA) is 68.4 Å². The summed E-state index contributed by atoms with van der Waals surface area (Å²) in [6, 6.07) is 10.2. The molecule has 0 aliphatic carbocycles. The second-order valence-electron chi connectivity index (χ2n) is 3.70. The molecule has 0 saturated heterocycles. The van der Waals surface area contributed by atoms with Crippen LogP contribution in [0.5, 0.6) is 11.5 Å². The van der Waals surface area contributed by atoms with E-state index >= 15 is 0 Å². The van der Waals surface area contributed by atoms with Gasteiger partial charge in [0.25, 0.3) is 0 Å². The average molecular weight is 230 g/mol. The smallest absolute Gasteiger partial charge is 0.137 e. The fourth-order valence-electron chi connectivity index (χ4n) is 1.47. The summed E-state index contributed by atoms with van der Waals surface area (Å²) >= 11 is 0. The Hall–Kier alpha value is -2.07. The molecule has 4 heteroatoms. The zero-order valence-corrected chi connectivity index (χ0v) is 9.28. The first-order valence-corrected chi connectivity index (χ1v) is 5.33. The van der Waals surface area contributed by atoms with Crippen molar-refractivity contribution in [3.63, 3.8) is 0 Å². The van der Waals surface area contributed by atoms with E-state index < -0.39 is 0 Å². The number of rotatable bonds is 4. The first-order valence-electron chi connectivity index (χ1n) is 5.33. The van der Waals surface area contributed by atoms with Crippen molar-refractivity contribution in [2.24, 2.45) is 5.73 Å². The molecule has 1 aromatic heterocycles. The van der Waals surface area contributed by atoms with Gasteiger partial charge in [-0.15, -0.1) is 0 Å². The second kappa shape index (κ2) is 5.32. The first kappa shape index (κ1) is 11.4. The number of hydrogen-bond donors (Lipinski definition) is 2. The van der Waals surface area contributed by atoms with E-state index in [0.29, 0.717) is 12.4 Å². The molecule has 88 valence electrons. The molecule has 1 heterocycles. The number of nitrogens with zero attached hydrogens (tertiary/aromatic N) is 1. The first-order chi connectivity index (χ1) is 8.25. The number of pyridine rings is 1. The van der Waals surface area contributed by atoms with Gasteiger partial charge < -0.3 is 15.6 Å². The van der Waals surface area contributed by atoms with Gasteiger partial charge in [0, 0.05) is 6.20 Å². The number of aromatic nitrogens is 1. The monoisotopic (exact) mass is 230 g/mol. The maximum atomic E-state index is 9.34. The molecule has 0 bridgehead atoms. The minimum atomic E-state index is -0.276. The van der Waals surface area contributed by atoms with Crippen LogP contribution in [0.3, 0.4) is 0 Å². The van der Waals surface area contributed by atoms with Crippen molar-refractivity contribution in [1.29, 1.82) is 0 Å². The maximum absolute atomic E-state index is 9.34. The highest BCUT2D eigenvalue weighted by Crippen LogP contribution is 2.17. The van der Waals surface area contributed by atoms with Crippen LogP contribution < -0.4 is 10.5 Å². The summed E-state index contributed by atoms with van der Waals surface area (Å²) in [7, 11) is 0. The van der Waals surface area contributed by atoms with Gasteiger partial charge in [-0.05, 0) is 29.8 Å². The number of phenols is 1. The fourth-order valence-corrected chi connectivity index (χ4v) is 1.47. The van der Waals surface area contributed by atoms with Crippen LogP contribution >= 0.6 is 0 Å². The van der Waals surface area contributed by atoms with Crippen molar-refractivity contribution >= 4 is 0 Å². The molecule has 0 spiro atoms. The van der Waals surface area contributed by atoms with Crippen LogP contribution in [-0.2, 0) is 0 Å². The third kappa shape index (κ3) is 3.19. The van der Waals surface area contributed by atoms with Crippen LogP contribution in [0.4, 0.5) is 0 Å². The molecular formula is C13H14N2O2. The molecule has 1 unspecified atom stereocenters. The van der Waals surface area contributed by atoms with E-state index in [9.17, 15) is 5.11 Å². The van der Waals surface area contributed by atoms with Gasteiger partial charge in [-0.25, -0.2) is 0 Å². The van der Waals surface area contributed by atoms with E-state index in [2.05, 4.69) is 4.98 Å². The number of benzene rings is 1. The molecule has 0 aliphatic heterocycles. The Balaban J connectivity index is 1.96. The van der Waals surface area contributed by atoms with Gasteiger partial charge in [0.1, 0.15) is 18.1 Å². The molecular weight excluding hydrogens is 216 g/mol. The average Bonchev–Trinajstić information content (AvgIpc) is 2.37. The zero-order valence-electron chi connectivity index (χ0n) is 9.28. The van der Waals surface area contributed by atoms with Gasteiger partial charge in [-0.1, -0.05) is 12.1 Å². The number of aromatic hydroxyl groups is 1. The highest BCUT2D eigenvalue weighted by Gasteiger charge is 2.07. The van der Waals surface area contributed by atoms with Gasteiger partial charge in [0.15, 0.2) is 0 Å². The van der Waals surface area contributed by atoms with Crippen molar-refractivity contribution in [2.75, 3.05) is 6.61 Å². The van der Waals surface area contributed by atoms with Crippen LogP contribution in [-0.4, -0.2) is 16.7 Å². The summed E-state index contributed by atoms with van der Waals surface area (Å²) in [6.45, 7) is 0.342. The van der Waals surface area contributed by atoms with E-state index in [1.807, 2.05) is 12.1 Å². The number of phenolic OH excluding ortho intramolecular Hbond substituents is 1. The summed E-state index contributed by atoms with van der Waals surface area (Å²) in [5.74, 6) is 0.891. The van der Waals surface area contributed by atoms with Crippen LogP contribution in [0.25, 0.3) is 0 Å². The fraction of sp³-hybridized carbons (Fsp3) is 0.154. The second-order valence-corrected chi connectivity index (χ2v) is 3.70. The third-order valence-corrected chi connectivity index (χ3v) is 2.36. The number of hydrogen-bond acceptors (Lipinski definition) is 4. The summed E-state index contributed by atoms with van der Waals surface area (Å²) in [4.78, 5) is 3.94. The lowest BCUT2D eigenvalue weighted by molar-refractivity contribution is 0.289. The van der Waals surface area contributed by atoms with E-state index in [0.717, 1.165) is 5.56 Å². The van der Waals surface area contributed by atoms with Crippen molar-refractivity contribution in [3.8, 4) is 11.5 Å². The quantitative estimate of drug-likeness (QED) is 0.841. The third-order valence-electron chi connectivity index (χ3n) is 2.36. The molecule has 0 aliphatic rings. The van der Waals surface area contributed by atoms with Crippen LogP contribution in [0, 0.1) is 0 Å². The lowest BCUT2D eigenvalue weighted by atomic mass is 10.1. The molecule has 0 radical (unpaired) electrons. The van der Waals surface area contributed by atoms with Gasteiger partial charge in [-0.3, -0.25) is 4.98 Å². The van der Waals surface area contributed by atoms with E-state index in [1.54, 1.807) is 36.7 Å². The van der Waals surface area contributed by atoms with E-state index in [1.165, 1.54) is 0 Å². The zero-order chi connectivity index (χ0) is 12.1. The Morgan fingerprint density at radius 3 is 2.88 bits per heavy atom. The van der Waals surface area contributed by atoms with Crippen molar-refractivity contribution in [2.45, 2.75) is 6.04 Å². The lowest BCUT2D eigenvalue weighted by Gasteiger charge is -2.13. The normalized spacial score (nSPS) is 12.1. The Bertz CT molecular complexity index is 474. The maximum Gasteiger partial charge on any atom is 0.137 e. The largest absolute Gasteiger partial charge is 0.508 e. The summed E-state index contributed by atoms with van der Waals surface area (Å²) < 4.78 is 5.49. The summed E-state index contributed by atoms with van der Waals surface area (Å²) in [5.41, 5.74) is 6.80. The Kier molecular flexibility index (Phi) is 3.57. The van der Waals surface area contributed by atoms with E-state index in [4.69, 9.17) is 10.5 Å². The number of ether oxygens (including phenoxy) is 1. The number of nitrogens with two attached hydrogens (primary N) is 1. The van der Waals surface area contributed by atoms with Crippen LogP contribution in [0.15, 0.2) is 48.8 Å². The molecule has 3 N–H and O–H groups in total. The van der Waals surface area contributed by atoms with E-state index in [-0.39, 0.29) is 11.8 Å². The Morgan fingerprint density at radius 2 is 2.18 bits per heavy atom. The molecule has 0 fully saturated rings. The highest BCUT2D eigenvalue weighted by atomic mass is 16.5. The summed E-state index contributed by atoms with van der Waals surface area (Å²) in [5, 5.41) is 9.34. The van der Waals surface area contributed by atoms with Gasteiger partial charge in [-0.2, -0.15) is 0 Å². The molecule has 1 aromatic carbocycles. The van der Waals surface area contributed by atoms with Crippen LogP contribution in [0.1, 0.15) is 11.6 Å². The molecule has 0 saturated carbocycles. The lowest BCUT2D eigenvalue weighted by Crippen LogP contribution is -2.18. The predicted molar refractivity (Wildman–Crippen MR) is 64.8 cm³/mol. The molecule has 2 rings (SSSR count). The minimum absolute atomic E-state index is 0.208. The summed E-state index contributed by atoms with van der Waals surface area (Å²) in [6.07, 6.45) is 3.32. The Labute approximate surface area is 99.7 Å². The van der Waals surface area contributed by atoms with Crippen LogP contribution in [0.2, 0.25) is 0 Å². The van der Waals surface area contributed by atoms with Crippen molar-refractivity contribution < 1.29 is 9.84 Å². The molecule has 1 atom stereocenters. The van der Waals surface area contributed by atoms with Gasteiger partial charge >= 0.3 is 0 Å². The minimum Gasteiger partial charge on any atom is -0.508 e. The molecule has 17 heavy (non-hydrogen) atoms. The Morgan fingerprint density at radius 1 is 1.29 bits per heavy atom.